The van der Waals surface area contributed by atoms with Crippen molar-refractivity contribution >= 4 is 17.7 Å². The van der Waals surface area contributed by atoms with Crippen molar-refractivity contribution in [3.05, 3.63) is 30.1 Å². The number of nitrogens with one attached hydrogen (secondary N) is 1. The average Bonchev–Trinajstić information content (AvgIpc) is 2.78. The quantitative estimate of drug-likeness (QED) is 0.902. The maximum absolute atomic E-state index is 12.8. The molecule has 1 aliphatic heterocycles. The van der Waals surface area contributed by atoms with Crippen LogP contribution in [0.25, 0.3) is 0 Å². The molecular formula is C13H15FN2O3. The Hall–Kier alpha value is -2.11. The Morgan fingerprint density at radius 3 is 2.79 bits per heavy atom. The Bertz CT molecular complexity index is 475. The molecule has 0 spiro atoms. The molecule has 1 fully saturated rings. The van der Waals surface area contributed by atoms with Crippen LogP contribution >= 0.6 is 0 Å². The Kier molecular flexibility index (Phi) is 3.99. The molecule has 1 heterocycles. The van der Waals surface area contributed by atoms with Crippen molar-refractivity contribution in [1.82, 2.24) is 5.32 Å². The maximum atomic E-state index is 12.8. The summed E-state index contributed by atoms with van der Waals surface area (Å²) in [6, 6.07) is 5.79. The summed E-state index contributed by atoms with van der Waals surface area (Å²) in [5, 5.41) is 2.58. The molecule has 1 saturated heterocycles. The summed E-state index contributed by atoms with van der Waals surface area (Å²) in [6.07, 6.45) is -0.144. The second-order valence-corrected chi connectivity index (χ2v) is 4.42. The number of amides is 2. The third kappa shape index (κ3) is 3.21. The van der Waals surface area contributed by atoms with Gasteiger partial charge in [-0.05, 0) is 24.3 Å². The summed E-state index contributed by atoms with van der Waals surface area (Å²) in [7, 11) is 1.29. The van der Waals surface area contributed by atoms with Crippen molar-refractivity contribution in [1.29, 1.82) is 0 Å². The number of rotatable bonds is 3. The van der Waals surface area contributed by atoms with Gasteiger partial charge in [-0.25, -0.2) is 9.18 Å². The van der Waals surface area contributed by atoms with E-state index in [2.05, 4.69) is 10.1 Å². The van der Waals surface area contributed by atoms with Crippen LogP contribution in [0.4, 0.5) is 14.9 Å². The Balaban J connectivity index is 1.96. The number of hydrogen-bond donors (Lipinski definition) is 1. The van der Waals surface area contributed by atoms with Crippen molar-refractivity contribution in [2.75, 3.05) is 25.1 Å². The first-order valence-electron chi connectivity index (χ1n) is 5.98. The average molecular weight is 266 g/mol. The van der Waals surface area contributed by atoms with Crippen LogP contribution in [-0.4, -0.2) is 32.2 Å². The Morgan fingerprint density at radius 2 is 2.16 bits per heavy atom. The normalized spacial score (nSPS) is 18.5. The van der Waals surface area contributed by atoms with Crippen molar-refractivity contribution in [3.63, 3.8) is 0 Å². The Labute approximate surface area is 110 Å². The van der Waals surface area contributed by atoms with E-state index in [0.717, 1.165) is 0 Å². The van der Waals surface area contributed by atoms with E-state index in [4.69, 9.17) is 0 Å². The highest BCUT2D eigenvalue weighted by atomic mass is 19.1. The lowest BCUT2D eigenvalue weighted by Crippen LogP contribution is -2.31. The zero-order chi connectivity index (χ0) is 13.8. The highest BCUT2D eigenvalue weighted by molar-refractivity contribution is 5.95. The first kappa shape index (κ1) is 13.3. The highest BCUT2D eigenvalue weighted by Crippen LogP contribution is 2.24. The number of halogens is 1. The first-order chi connectivity index (χ1) is 9.10. The third-order valence-corrected chi connectivity index (χ3v) is 3.06. The predicted octanol–water partition coefficient (Wildman–Crippen LogP) is 1.53. The number of benzene rings is 1. The van der Waals surface area contributed by atoms with Crippen LogP contribution in [-0.2, 0) is 9.53 Å². The summed E-state index contributed by atoms with van der Waals surface area (Å²) < 4.78 is 17.3. The number of anilines is 1. The van der Waals surface area contributed by atoms with Gasteiger partial charge < -0.3 is 15.0 Å². The summed E-state index contributed by atoms with van der Waals surface area (Å²) in [5.41, 5.74) is 0.673. The Morgan fingerprint density at radius 1 is 1.47 bits per heavy atom. The minimum Gasteiger partial charge on any atom is -0.453 e. The van der Waals surface area contributed by atoms with Crippen molar-refractivity contribution in [3.8, 4) is 0 Å². The monoisotopic (exact) mass is 266 g/mol. The minimum atomic E-state index is -0.507. The van der Waals surface area contributed by atoms with Gasteiger partial charge in [0.1, 0.15) is 5.82 Å². The molecule has 0 unspecified atom stereocenters. The van der Waals surface area contributed by atoms with E-state index in [1.807, 2.05) is 0 Å². The molecule has 102 valence electrons. The number of hydrogen-bond acceptors (Lipinski definition) is 3. The van der Waals surface area contributed by atoms with Gasteiger partial charge in [-0.1, -0.05) is 0 Å². The van der Waals surface area contributed by atoms with Gasteiger partial charge >= 0.3 is 6.09 Å². The standard InChI is InChI=1S/C13H15FN2O3/c1-19-13(18)15-7-9-6-12(17)16(8-9)11-4-2-10(14)3-5-11/h2-5,9H,6-8H2,1H3,(H,15,18)/t9-/m1/s1. The maximum Gasteiger partial charge on any atom is 0.406 e. The molecule has 1 N–H and O–H groups in total. The molecule has 1 aromatic carbocycles. The predicted molar refractivity (Wildman–Crippen MR) is 67.3 cm³/mol. The fraction of sp³-hybridized carbons (Fsp3) is 0.385. The van der Waals surface area contributed by atoms with Gasteiger partial charge in [0.05, 0.1) is 7.11 Å². The molecule has 1 aliphatic rings. The zero-order valence-electron chi connectivity index (χ0n) is 10.6. The number of methoxy groups -OCH3 is 1. The number of carbonyl (C=O) groups is 2. The number of nitrogens with zero attached hydrogens (tertiary/aromatic N) is 1. The second-order valence-electron chi connectivity index (χ2n) is 4.42. The molecule has 1 aromatic rings. The molecule has 2 rings (SSSR count). The molecule has 0 bridgehead atoms. The number of ether oxygens (including phenoxy) is 1. The SMILES string of the molecule is COC(=O)NC[C@H]1CC(=O)N(c2ccc(F)cc2)C1. The molecule has 6 heteroatoms. The number of alkyl carbamates (subject to hydrolysis) is 1. The summed E-state index contributed by atoms with van der Waals surface area (Å²) in [4.78, 5) is 24.4. The molecule has 0 radical (unpaired) electrons. The van der Waals surface area contributed by atoms with E-state index in [-0.39, 0.29) is 17.6 Å². The van der Waals surface area contributed by atoms with Crippen molar-refractivity contribution in [2.24, 2.45) is 5.92 Å². The molecule has 1 atom stereocenters. The van der Waals surface area contributed by atoms with E-state index in [0.29, 0.717) is 25.2 Å². The summed E-state index contributed by atoms with van der Waals surface area (Å²) >= 11 is 0. The fourth-order valence-electron chi connectivity index (χ4n) is 2.09. The van der Waals surface area contributed by atoms with Crippen LogP contribution in [0.15, 0.2) is 24.3 Å². The van der Waals surface area contributed by atoms with E-state index in [1.165, 1.54) is 19.2 Å². The first-order valence-corrected chi connectivity index (χ1v) is 5.98. The second kappa shape index (κ2) is 5.69. The van der Waals surface area contributed by atoms with E-state index in [1.54, 1.807) is 17.0 Å². The van der Waals surface area contributed by atoms with Gasteiger partial charge in [0, 0.05) is 31.1 Å². The lowest BCUT2D eigenvalue weighted by molar-refractivity contribution is -0.117. The molecule has 19 heavy (non-hydrogen) atoms. The van der Waals surface area contributed by atoms with Gasteiger partial charge in [-0.2, -0.15) is 0 Å². The summed E-state index contributed by atoms with van der Waals surface area (Å²) in [5.74, 6) is -0.320. The number of carbonyl (C=O) groups excluding carboxylic acids is 2. The molecule has 0 aromatic heterocycles. The molecule has 0 aliphatic carbocycles. The van der Waals surface area contributed by atoms with Gasteiger partial charge in [0.25, 0.3) is 0 Å². The third-order valence-electron chi connectivity index (χ3n) is 3.06. The van der Waals surface area contributed by atoms with E-state index in [9.17, 15) is 14.0 Å². The summed E-state index contributed by atoms with van der Waals surface area (Å²) in [6.45, 7) is 0.893. The van der Waals surface area contributed by atoms with Gasteiger partial charge in [-0.15, -0.1) is 0 Å². The van der Waals surface area contributed by atoms with Crippen LogP contribution in [0.1, 0.15) is 6.42 Å². The van der Waals surface area contributed by atoms with Crippen LogP contribution in [0.5, 0.6) is 0 Å². The largest absolute Gasteiger partial charge is 0.453 e. The van der Waals surface area contributed by atoms with E-state index < -0.39 is 6.09 Å². The fourth-order valence-corrected chi connectivity index (χ4v) is 2.09. The molecule has 5 nitrogen and oxygen atoms in total. The van der Waals surface area contributed by atoms with Crippen LogP contribution in [0.3, 0.4) is 0 Å². The zero-order valence-corrected chi connectivity index (χ0v) is 10.6. The van der Waals surface area contributed by atoms with Crippen molar-refractivity contribution in [2.45, 2.75) is 6.42 Å². The lowest BCUT2D eigenvalue weighted by Gasteiger charge is -2.16. The van der Waals surface area contributed by atoms with E-state index >= 15 is 0 Å². The topological polar surface area (TPSA) is 58.6 Å². The minimum absolute atomic E-state index is 0.0247. The highest BCUT2D eigenvalue weighted by Gasteiger charge is 2.30. The van der Waals surface area contributed by atoms with Crippen molar-refractivity contribution < 1.29 is 18.7 Å². The smallest absolute Gasteiger partial charge is 0.406 e. The van der Waals surface area contributed by atoms with Crippen LogP contribution < -0.4 is 10.2 Å². The molecule has 2 amide bonds. The lowest BCUT2D eigenvalue weighted by atomic mass is 10.1. The molecule has 0 saturated carbocycles. The van der Waals surface area contributed by atoms with Crippen LogP contribution in [0, 0.1) is 11.7 Å². The molecular weight excluding hydrogens is 251 g/mol. The van der Waals surface area contributed by atoms with Gasteiger partial charge in [0.15, 0.2) is 0 Å². The van der Waals surface area contributed by atoms with Crippen LogP contribution in [0.2, 0.25) is 0 Å². The van der Waals surface area contributed by atoms with Gasteiger partial charge in [-0.3, -0.25) is 4.79 Å². The van der Waals surface area contributed by atoms with Gasteiger partial charge in [0.2, 0.25) is 5.91 Å².